The summed E-state index contributed by atoms with van der Waals surface area (Å²) in [6.45, 7) is 5.64. The van der Waals surface area contributed by atoms with Crippen molar-refractivity contribution in [1.82, 2.24) is 4.31 Å². The Morgan fingerprint density at radius 2 is 1.94 bits per heavy atom. The van der Waals surface area contributed by atoms with Crippen LogP contribution in [0.5, 0.6) is 0 Å². The van der Waals surface area contributed by atoms with Crippen molar-refractivity contribution >= 4 is 15.7 Å². The van der Waals surface area contributed by atoms with Gasteiger partial charge in [0.15, 0.2) is 0 Å². The molecule has 0 amide bonds. The number of rotatable bonds is 4. The van der Waals surface area contributed by atoms with Gasteiger partial charge in [0.05, 0.1) is 4.90 Å². The second-order valence-electron chi connectivity index (χ2n) is 4.81. The van der Waals surface area contributed by atoms with Crippen molar-refractivity contribution in [2.24, 2.45) is 5.92 Å². The minimum absolute atomic E-state index is 0.0665. The predicted octanol–water partition coefficient (Wildman–Crippen LogP) is 1.99. The molecule has 0 heterocycles. The number of halogens is 1. The summed E-state index contributed by atoms with van der Waals surface area (Å²) in [7, 11) is -2.21. The molecule has 0 unspecified atom stereocenters. The van der Waals surface area contributed by atoms with Crippen LogP contribution in [-0.2, 0) is 10.0 Å². The van der Waals surface area contributed by atoms with Gasteiger partial charge in [-0.2, -0.15) is 0 Å². The van der Waals surface area contributed by atoms with Crippen molar-refractivity contribution in [2.45, 2.75) is 25.7 Å². The van der Waals surface area contributed by atoms with Crippen molar-refractivity contribution in [3.05, 3.63) is 23.5 Å². The highest BCUT2D eigenvalue weighted by Crippen LogP contribution is 2.24. The molecule has 0 aliphatic carbocycles. The Morgan fingerprint density at radius 1 is 1.39 bits per heavy atom. The lowest BCUT2D eigenvalue weighted by Crippen LogP contribution is -2.31. The number of hydrogen-bond acceptors (Lipinski definition) is 3. The molecule has 0 bridgehead atoms. The Balaban J connectivity index is 3.29. The lowest BCUT2D eigenvalue weighted by molar-refractivity contribution is 0.416. The molecular weight excluding hydrogens is 255 g/mol. The average Bonchev–Trinajstić information content (AvgIpc) is 2.22. The molecule has 0 saturated heterocycles. The van der Waals surface area contributed by atoms with E-state index in [1.165, 1.54) is 24.3 Å². The number of nitrogens with two attached hydrogens (primary N) is 1. The zero-order valence-corrected chi connectivity index (χ0v) is 11.9. The van der Waals surface area contributed by atoms with Crippen molar-refractivity contribution in [3.63, 3.8) is 0 Å². The van der Waals surface area contributed by atoms with E-state index in [0.29, 0.717) is 6.54 Å². The summed E-state index contributed by atoms with van der Waals surface area (Å²) < 4.78 is 39.3. The van der Waals surface area contributed by atoms with Gasteiger partial charge in [-0.1, -0.05) is 13.8 Å². The molecule has 18 heavy (non-hydrogen) atoms. The van der Waals surface area contributed by atoms with Gasteiger partial charge in [-0.15, -0.1) is 0 Å². The maximum atomic E-state index is 13.5. The van der Waals surface area contributed by atoms with E-state index in [4.69, 9.17) is 5.73 Å². The smallest absolute Gasteiger partial charge is 0.243 e. The lowest BCUT2D eigenvalue weighted by atomic mass is 10.2. The highest BCUT2D eigenvalue weighted by atomic mass is 32.2. The van der Waals surface area contributed by atoms with Crippen LogP contribution in [0.25, 0.3) is 0 Å². The Labute approximate surface area is 108 Å². The first-order valence-electron chi connectivity index (χ1n) is 5.68. The first-order chi connectivity index (χ1) is 8.16. The Bertz CT molecular complexity index is 541. The third-order valence-electron chi connectivity index (χ3n) is 2.63. The fourth-order valence-corrected chi connectivity index (χ4v) is 3.32. The summed E-state index contributed by atoms with van der Waals surface area (Å²) in [4.78, 5) is -0.0665. The van der Waals surface area contributed by atoms with Crippen molar-refractivity contribution in [2.75, 3.05) is 19.3 Å². The van der Waals surface area contributed by atoms with E-state index >= 15 is 0 Å². The van der Waals surface area contributed by atoms with Gasteiger partial charge in [0.2, 0.25) is 10.0 Å². The van der Waals surface area contributed by atoms with Crippen LogP contribution in [0.4, 0.5) is 10.1 Å². The molecule has 1 rings (SSSR count). The lowest BCUT2D eigenvalue weighted by Gasteiger charge is -2.20. The SMILES string of the molecule is Cc1c(F)cc(N)cc1S(=O)(=O)N(C)CC(C)C. The first-order valence-corrected chi connectivity index (χ1v) is 7.12. The number of sulfonamides is 1. The Morgan fingerprint density at radius 3 is 2.44 bits per heavy atom. The van der Waals surface area contributed by atoms with Gasteiger partial charge in [-0.3, -0.25) is 0 Å². The fraction of sp³-hybridized carbons (Fsp3) is 0.500. The summed E-state index contributed by atoms with van der Waals surface area (Å²) in [6.07, 6.45) is 0. The van der Waals surface area contributed by atoms with E-state index in [-0.39, 0.29) is 22.1 Å². The third kappa shape index (κ3) is 3.00. The second kappa shape index (κ2) is 5.24. The zero-order chi connectivity index (χ0) is 14.1. The standard InChI is InChI=1S/C12H19FN2O2S/c1-8(2)7-15(4)18(16,17)12-6-10(14)5-11(13)9(12)3/h5-6,8H,7,14H2,1-4H3. The molecule has 0 spiro atoms. The molecule has 0 aromatic heterocycles. The third-order valence-corrected chi connectivity index (χ3v) is 4.58. The van der Waals surface area contributed by atoms with Gasteiger partial charge in [0.25, 0.3) is 0 Å². The second-order valence-corrected chi connectivity index (χ2v) is 6.82. The van der Waals surface area contributed by atoms with Gasteiger partial charge in [-0.05, 0) is 25.0 Å². The van der Waals surface area contributed by atoms with Crippen LogP contribution in [0.1, 0.15) is 19.4 Å². The Kier molecular flexibility index (Phi) is 4.34. The van der Waals surface area contributed by atoms with E-state index in [9.17, 15) is 12.8 Å². The van der Waals surface area contributed by atoms with Crippen LogP contribution in [0.15, 0.2) is 17.0 Å². The van der Waals surface area contributed by atoms with E-state index in [1.807, 2.05) is 13.8 Å². The monoisotopic (exact) mass is 274 g/mol. The highest BCUT2D eigenvalue weighted by Gasteiger charge is 2.25. The predicted molar refractivity (Wildman–Crippen MR) is 70.2 cm³/mol. The minimum Gasteiger partial charge on any atom is -0.399 e. The number of nitrogen functional groups attached to an aromatic ring is 1. The summed E-state index contributed by atoms with van der Waals surface area (Å²) >= 11 is 0. The first kappa shape index (κ1) is 14.9. The molecule has 102 valence electrons. The number of benzene rings is 1. The average molecular weight is 274 g/mol. The number of nitrogens with zero attached hydrogens (tertiary/aromatic N) is 1. The van der Waals surface area contributed by atoms with Gasteiger partial charge in [-0.25, -0.2) is 17.1 Å². The number of hydrogen-bond donors (Lipinski definition) is 1. The fourth-order valence-electron chi connectivity index (χ4n) is 1.72. The zero-order valence-electron chi connectivity index (χ0n) is 11.1. The number of anilines is 1. The topological polar surface area (TPSA) is 63.4 Å². The molecule has 0 fully saturated rings. The molecule has 0 saturated carbocycles. The largest absolute Gasteiger partial charge is 0.399 e. The van der Waals surface area contributed by atoms with Crippen LogP contribution in [0.2, 0.25) is 0 Å². The minimum atomic E-state index is -3.70. The summed E-state index contributed by atoms with van der Waals surface area (Å²) in [6, 6.07) is 2.42. The summed E-state index contributed by atoms with van der Waals surface area (Å²) in [5.41, 5.74) is 5.71. The van der Waals surface area contributed by atoms with Gasteiger partial charge < -0.3 is 5.73 Å². The van der Waals surface area contributed by atoms with Crippen LogP contribution >= 0.6 is 0 Å². The van der Waals surface area contributed by atoms with E-state index in [1.54, 1.807) is 0 Å². The molecule has 6 heteroatoms. The van der Waals surface area contributed by atoms with Gasteiger partial charge >= 0.3 is 0 Å². The van der Waals surface area contributed by atoms with Crippen LogP contribution in [0.3, 0.4) is 0 Å². The van der Waals surface area contributed by atoms with E-state index in [0.717, 1.165) is 6.07 Å². The molecule has 2 N–H and O–H groups in total. The molecule has 4 nitrogen and oxygen atoms in total. The molecule has 1 aromatic carbocycles. The van der Waals surface area contributed by atoms with Crippen LogP contribution in [-0.4, -0.2) is 26.3 Å². The Hall–Kier alpha value is -1.14. The summed E-state index contributed by atoms with van der Waals surface area (Å²) in [5, 5.41) is 0. The normalized spacial score (nSPS) is 12.4. The van der Waals surface area contributed by atoms with Crippen molar-refractivity contribution < 1.29 is 12.8 Å². The van der Waals surface area contributed by atoms with Crippen LogP contribution < -0.4 is 5.73 Å². The van der Waals surface area contributed by atoms with Gasteiger partial charge in [0.1, 0.15) is 5.82 Å². The molecule has 0 aliphatic heterocycles. The molecule has 1 aromatic rings. The molecule has 0 radical (unpaired) electrons. The van der Waals surface area contributed by atoms with Crippen molar-refractivity contribution in [3.8, 4) is 0 Å². The maximum Gasteiger partial charge on any atom is 0.243 e. The maximum absolute atomic E-state index is 13.5. The van der Waals surface area contributed by atoms with Gasteiger partial charge in [0, 0.05) is 24.8 Å². The summed E-state index contributed by atoms with van der Waals surface area (Å²) in [5.74, 6) is -0.414. The quantitative estimate of drug-likeness (QED) is 0.854. The van der Waals surface area contributed by atoms with E-state index in [2.05, 4.69) is 0 Å². The highest BCUT2D eigenvalue weighted by molar-refractivity contribution is 7.89. The van der Waals surface area contributed by atoms with E-state index < -0.39 is 15.8 Å². The molecule has 0 aliphatic rings. The molecule has 0 atom stereocenters. The van der Waals surface area contributed by atoms with Crippen LogP contribution in [0, 0.1) is 18.7 Å². The molecular formula is C12H19FN2O2S. The van der Waals surface area contributed by atoms with Crippen molar-refractivity contribution in [1.29, 1.82) is 0 Å².